The highest BCUT2D eigenvalue weighted by Gasteiger charge is 2.42. The predicted molar refractivity (Wildman–Crippen MR) is 104 cm³/mol. The number of hydrogen-bond donors (Lipinski definition) is 1. The van der Waals surface area contributed by atoms with Gasteiger partial charge in [-0.2, -0.15) is 0 Å². The van der Waals surface area contributed by atoms with Crippen molar-refractivity contribution in [1.82, 2.24) is 14.8 Å². The van der Waals surface area contributed by atoms with Crippen molar-refractivity contribution in [2.24, 2.45) is 0 Å². The van der Waals surface area contributed by atoms with Gasteiger partial charge in [-0.15, -0.1) is 0 Å². The molecule has 0 bridgehead atoms. The standard InChI is InChI=1S/C21H24N4O3/c26-20-8-10-28-19-15-24(21(27)12-23-17-7-4-9-22-11-17)14-18(19)25(20)13-16-5-2-1-3-6-16/h1-7,9,11,18-19,23H,8,10,12-15H2/t18-,19-/m0/s1. The zero-order valence-corrected chi connectivity index (χ0v) is 15.7. The van der Waals surface area contributed by atoms with Crippen molar-refractivity contribution in [2.75, 3.05) is 31.6 Å². The Balaban J connectivity index is 1.42. The summed E-state index contributed by atoms with van der Waals surface area (Å²) in [6.45, 7) is 2.15. The average Bonchev–Trinajstić information content (AvgIpc) is 3.09. The Morgan fingerprint density at radius 3 is 2.82 bits per heavy atom. The number of nitrogens with zero attached hydrogens (tertiary/aromatic N) is 3. The fourth-order valence-corrected chi connectivity index (χ4v) is 3.79. The SMILES string of the molecule is O=C(CNc1cccnc1)N1C[C@@H]2OCCC(=O)N(Cc3ccccc3)[C@H]2C1. The number of likely N-dealkylation sites (tertiary alicyclic amines) is 1. The number of aromatic nitrogens is 1. The molecule has 0 aliphatic carbocycles. The number of carbonyl (C=O) groups excluding carboxylic acids is 2. The van der Waals surface area contributed by atoms with Crippen LogP contribution in [0.15, 0.2) is 54.9 Å². The second kappa shape index (κ2) is 8.39. The lowest BCUT2D eigenvalue weighted by atomic mass is 10.1. The molecule has 2 aliphatic rings. The molecule has 0 spiro atoms. The molecule has 7 nitrogen and oxygen atoms in total. The van der Waals surface area contributed by atoms with Gasteiger partial charge in [-0.25, -0.2) is 0 Å². The number of fused-ring (bicyclic) bond motifs is 1. The topological polar surface area (TPSA) is 74.8 Å². The molecule has 1 N–H and O–H groups in total. The first-order chi connectivity index (χ1) is 13.7. The molecular formula is C21H24N4O3. The van der Waals surface area contributed by atoms with E-state index >= 15 is 0 Å². The van der Waals surface area contributed by atoms with Crippen molar-refractivity contribution in [2.45, 2.75) is 25.1 Å². The number of ether oxygens (including phenoxy) is 1. The quantitative estimate of drug-likeness (QED) is 0.851. The maximum atomic E-state index is 12.7. The number of hydrogen-bond acceptors (Lipinski definition) is 5. The van der Waals surface area contributed by atoms with Gasteiger partial charge in [0.25, 0.3) is 0 Å². The minimum Gasteiger partial charge on any atom is -0.375 e. The third-order valence-electron chi connectivity index (χ3n) is 5.26. The molecular weight excluding hydrogens is 356 g/mol. The fourth-order valence-electron chi connectivity index (χ4n) is 3.79. The largest absolute Gasteiger partial charge is 0.375 e. The lowest BCUT2D eigenvalue weighted by Gasteiger charge is -2.29. The van der Waals surface area contributed by atoms with Crippen LogP contribution in [0.5, 0.6) is 0 Å². The van der Waals surface area contributed by atoms with E-state index in [1.165, 1.54) is 0 Å². The zero-order chi connectivity index (χ0) is 19.3. The molecule has 2 saturated heterocycles. The maximum Gasteiger partial charge on any atom is 0.242 e. The minimum absolute atomic E-state index is 0.00682. The van der Waals surface area contributed by atoms with E-state index in [9.17, 15) is 9.59 Å². The van der Waals surface area contributed by atoms with Crippen LogP contribution in [0.4, 0.5) is 5.69 Å². The lowest BCUT2D eigenvalue weighted by molar-refractivity contribution is -0.134. The van der Waals surface area contributed by atoms with Crippen LogP contribution in [-0.4, -0.2) is 65.0 Å². The van der Waals surface area contributed by atoms with E-state index in [1.807, 2.05) is 47.4 Å². The van der Waals surface area contributed by atoms with E-state index in [4.69, 9.17) is 4.74 Å². The van der Waals surface area contributed by atoms with E-state index in [0.717, 1.165) is 11.3 Å². The molecule has 4 rings (SSSR count). The van der Waals surface area contributed by atoms with Gasteiger partial charge in [-0.3, -0.25) is 14.6 Å². The van der Waals surface area contributed by atoms with E-state index in [-0.39, 0.29) is 30.5 Å². The van der Waals surface area contributed by atoms with Crippen molar-refractivity contribution in [3.05, 3.63) is 60.4 Å². The Morgan fingerprint density at radius 2 is 2.04 bits per heavy atom. The summed E-state index contributed by atoms with van der Waals surface area (Å²) in [5.74, 6) is 0.0757. The molecule has 3 heterocycles. The molecule has 1 aromatic heterocycles. The summed E-state index contributed by atoms with van der Waals surface area (Å²) >= 11 is 0. The van der Waals surface area contributed by atoms with Gasteiger partial charge in [0.05, 0.1) is 37.4 Å². The highest BCUT2D eigenvalue weighted by molar-refractivity contribution is 5.82. The lowest BCUT2D eigenvalue weighted by Crippen LogP contribution is -2.45. The number of pyridine rings is 1. The number of nitrogens with one attached hydrogen (secondary N) is 1. The molecule has 7 heteroatoms. The van der Waals surface area contributed by atoms with E-state index in [0.29, 0.717) is 32.7 Å². The maximum absolute atomic E-state index is 12.7. The van der Waals surface area contributed by atoms with Crippen LogP contribution in [0.25, 0.3) is 0 Å². The van der Waals surface area contributed by atoms with Crippen molar-refractivity contribution in [3.63, 3.8) is 0 Å². The van der Waals surface area contributed by atoms with Crippen LogP contribution in [0.1, 0.15) is 12.0 Å². The second-order valence-corrected chi connectivity index (χ2v) is 7.13. The van der Waals surface area contributed by atoms with Gasteiger partial charge in [0.2, 0.25) is 11.8 Å². The second-order valence-electron chi connectivity index (χ2n) is 7.13. The van der Waals surface area contributed by atoms with Crippen molar-refractivity contribution in [1.29, 1.82) is 0 Å². The van der Waals surface area contributed by atoms with Crippen molar-refractivity contribution < 1.29 is 14.3 Å². The Morgan fingerprint density at radius 1 is 1.18 bits per heavy atom. The molecule has 2 aliphatic heterocycles. The average molecular weight is 380 g/mol. The number of benzene rings is 1. The summed E-state index contributed by atoms with van der Waals surface area (Å²) < 4.78 is 5.92. The Bertz CT molecular complexity index is 815. The summed E-state index contributed by atoms with van der Waals surface area (Å²) in [7, 11) is 0. The summed E-state index contributed by atoms with van der Waals surface area (Å²) in [4.78, 5) is 33.1. The van der Waals surface area contributed by atoms with E-state index in [1.54, 1.807) is 17.3 Å². The highest BCUT2D eigenvalue weighted by atomic mass is 16.5. The van der Waals surface area contributed by atoms with Crippen LogP contribution in [0, 0.1) is 0 Å². The molecule has 146 valence electrons. The molecule has 28 heavy (non-hydrogen) atoms. The molecule has 0 saturated carbocycles. The normalized spacial score (nSPS) is 21.9. The van der Waals surface area contributed by atoms with Gasteiger partial charge in [0.1, 0.15) is 0 Å². The Labute approximate surface area is 164 Å². The first kappa shape index (κ1) is 18.4. The van der Waals surface area contributed by atoms with E-state index in [2.05, 4.69) is 10.3 Å². The molecule has 2 atom stereocenters. The fraction of sp³-hybridized carbons (Fsp3) is 0.381. The molecule has 2 amide bonds. The smallest absolute Gasteiger partial charge is 0.242 e. The molecule has 2 aromatic rings. The van der Waals surface area contributed by atoms with Crippen LogP contribution in [0.2, 0.25) is 0 Å². The molecule has 1 aromatic carbocycles. The number of rotatable bonds is 5. The monoisotopic (exact) mass is 380 g/mol. The van der Waals surface area contributed by atoms with Crippen LogP contribution < -0.4 is 5.32 Å². The Hall–Kier alpha value is -2.93. The third kappa shape index (κ3) is 4.14. The van der Waals surface area contributed by atoms with Crippen molar-refractivity contribution in [3.8, 4) is 0 Å². The van der Waals surface area contributed by atoms with Gasteiger partial charge < -0.3 is 19.9 Å². The molecule has 0 unspecified atom stereocenters. The summed E-state index contributed by atoms with van der Waals surface area (Å²) in [6.07, 6.45) is 3.62. The first-order valence-corrected chi connectivity index (χ1v) is 9.57. The molecule has 0 radical (unpaired) electrons. The zero-order valence-electron chi connectivity index (χ0n) is 15.7. The van der Waals surface area contributed by atoms with Crippen LogP contribution >= 0.6 is 0 Å². The van der Waals surface area contributed by atoms with Gasteiger partial charge in [-0.05, 0) is 17.7 Å². The number of anilines is 1. The number of carbonyl (C=O) groups is 2. The summed E-state index contributed by atoms with van der Waals surface area (Å²) in [5, 5.41) is 3.10. The van der Waals surface area contributed by atoms with Crippen LogP contribution in [0.3, 0.4) is 0 Å². The highest BCUT2D eigenvalue weighted by Crippen LogP contribution is 2.25. The molecule has 2 fully saturated rings. The number of amides is 2. The van der Waals surface area contributed by atoms with Crippen LogP contribution in [-0.2, 0) is 20.9 Å². The summed E-state index contributed by atoms with van der Waals surface area (Å²) in [6, 6.07) is 13.5. The Kier molecular flexibility index (Phi) is 5.53. The van der Waals surface area contributed by atoms with Gasteiger partial charge in [-0.1, -0.05) is 30.3 Å². The minimum atomic E-state index is -0.141. The third-order valence-corrected chi connectivity index (χ3v) is 5.26. The van der Waals surface area contributed by atoms with Gasteiger partial charge >= 0.3 is 0 Å². The van der Waals surface area contributed by atoms with E-state index < -0.39 is 0 Å². The van der Waals surface area contributed by atoms with Gasteiger partial charge in [0, 0.05) is 32.0 Å². The first-order valence-electron chi connectivity index (χ1n) is 9.57. The summed E-state index contributed by atoms with van der Waals surface area (Å²) in [5.41, 5.74) is 1.89. The van der Waals surface area contributed by atoms with Gasteiger partial charge in [0.15, 0.2) is 0 Å². The van der Waals surface area contributed by atoms with Crippen molar-refractivity contribution >= 4 is 17.5 Å². The predicted octanol–water partition coefficient (Wildman–Crippen LogP) is 1.52.